The van der Waals surface area contributed by atoms with Crippen LogP contribution in [0, 0.1) is 0 Å². The molecule has 1 aliphatic rings. The van der Waals surface area contributed by atoms with Crippen molar-refractivity contribution in [2.75, 3.05) is 26.3 Å². The zero-order valence-electron chi connectivity index (χ0n) is 15.4. The number of hydrogen-bond donors (Lipinski definition) is 1. The molecule has 2 aromatic rings. The van der Waals surface area contributed by atoms with E-state index in [2.05, 4.69) is 10.3 Å². The van der Waals surface area contributed by atoms with E-state index in [-0.39, 0.29) is 30.3 Å². The maximum atomic E-state index is 12.1. The van der Waals surface area contributed by atoms with Crippen LogP contribution in [0.2, 0.25) is 0 Å². The van der Waals surface area contributed by atoms with Crippen molar-refractivity contribution >= 4 is 40.6 Å². The van der Waals surface area contributed by atoms with Crippen LogP contribution in [0.4, 0.5) is 4.79 Å². The molecule has 8 nitrogen and oxygen atoms in total. The second-order valence-corrected chi connectivity index (χ2v) is 7.92. The second-order valence-electron chi connectivity index (χ2n) is 6.12. The second kappa shape index (κ2) is 9.65. The minimum Gasteiger partial charge on any atom is -0.451 e. The highest BCUT2D eigenvalue weighted by molar-refractivity contribution is 7.20. The van der Waals surface area contributed by atoms with Crippen LogP contribution in [0.15, 0.2) is 22.9 Å². The van der Waals surface area contributed by atoms with Gasteiger partial charge in [0, 0.05) is 24.5 Å². The first kappa shape index (κ1) is 20.3. The van der Waals surface area contributed by atoms with E-state index >= 15 is 0 Å². The quantitative estimate of drug-likeness (QED) is 0.718. The van der Waals surface area contributed by atoms with Crippen LogP contribution in [-0.4, -0.2) is 60.2 Å². The molecule has 0 radical (unpaired) electrons. The molecule has 10 heteroatoms. The SMILES string of the molecule is CCOC(=O)N1CCC(NC(=O)COC(=O)c2csc(-c3cccs3)n2)CC1. The summed E-state index contributed by atoms with van der Waals surface area (Å²) in [6.07, 6.45) is 0.940. The number of esters is 1. The third-order valence-corrected chi connectivity index (χ3v) is 6.05. The van der Waals surface area contributed by atoms with Crippen LogP contribution in [0.5, 0.6) is 0 Å². The minimum absolute atomic E-state index is 0.0541. The Bertz CT molecular complexity index is 813. The van der Waals surface area contributed by atoms with Crippen molar-refractivity contribution in [3.63, 3.8) is 0 Å². The first-order valence-corrected chi connectivity index (χ1v) is 10.7. The lowest BCUT2D eigenvalue weighted by atomic mass is 10.1. The number of thiazole rings is 1. The number of thiophene rings is 1. The Morgan fingerprint density at radius 3 is 2.71 bits per heavy atom. The molecule has 1 aliphatic heterocycles. The molecule has 3 rings (SSSR count). The van der Waals surface area contributed by atoms with Gasteiger partial charge in [0.25, 0.3) is 5.91 Å². The van der Waals surface area contributed by atoms with Crippen LogP contribution >= 0.6 is 22.7 Å². The molecule has 0 unspecified atom stereocenters. The number of ether oxygens (including phenoxy) is 2. The largest absolute Gasteiger partial charge is 0.451 e. The first-order valence-electron chi connectivity index (χ1n) is 8.94. The number of hydrogen-bond acceptors (Lipinski definition) is 8. The van der Waals surface area contributed by atoms with Crippen LogP contribution in [0.1, 0.15) is 30.3 Å². The fourth-order valence-corrected chi connectivity index (χ4v) is 4.38. The monoisotopic (exact) mass is 423 g/mol. The lowest BCUT2D eigenvalue weighted by molar-refractivity contribution is -0.125. The lowest BCUT2D eigenvalue weighted by Crippen LogP contribution is -2.47. The molecule has 0 atom stereocenters. The number of nitrogens with zero attached hydrogens (tertiary/aromatic N) is 2. The fraction of sp³-hybridized carbons (Fsp3) is 0.444. The van der Waals surface area contributed by atoms with Crippen LogP contribution in [-0.2, 0) is 14.3 Å². The van der Waals surface area contributed by atoms with Gasteiger partial charge in [0.15, 0.2) is 12.3 Å². The Hall–Kier alpha value is -2.46. The van der Waals surface area contributed by atoms with E-state index in [0.29, 0.717) is 32.5 Å². The number of likely N-dealkylation sites (tertiary alicyclic amines) is 1. The van der Waals surface area contributed by atoms with Gasteiger partial charge in [0.05, 0.1) is 11.5 Å². The van der Waals surface area contributed by atoms with Gasteiger partial charge in [-0.2, -0.15) is 0 Å². The third kappa shape index (κ3) is 5.29. The first-order chi connectivity index (χ1) is 13.6. The number of aromatic nitrogens is 1. The molecular formula is C18H21N3O5S2. The van der Waals surface area contributed by atoms with Gasteiger partial charge in [-0.3, -0.25) is 4.79 Å². The highest BCUT2D eigenvalue weighted by Gasteiger charge is 2.25. The Labute approximate surface area is 170 Å². The number of amides is 2. The molecular weight excluding hydrogens is 402 g/mol. The zero-order chi connectivity index (χ0) is 19.9. The van der Waals surface area contributed by atoms with Crippen molar-refractivity contribution < 1.29 is 23.9 Å². The standard InChI is InChI=1S/C18H21N3O5S2/c1-2-25-18(24)21-7-5-12(6-8-21)19-15(22)10-26-17(23)13-11-28-16(20-13)14-4-3-9-27-14/h3-4,9,11-12H,2,5-8,10H2,1H3,(H,19,22). The van der Waals surface area contributed by atoms with Crippen molar-refractivity contribution in [2.24, 2.45) is 0 Å². The summed E-state index contributed by atoms with van der Waals surface area (Å²) in [7, 11) is 0. The Balaban J connectivity index is 1.40. The van der Waals surface area contributed by atoms with Crippen molar-refractivity contribution in [3.05, 3.63) is 28.6 Å². The topological polar surface area (TPSA) is 97.8 Å². The van der Waals surface area contributed by atoms with Gasteiger partial charge in [-0.25, -0.2) is 14.6 Å². The minimum atomic E-state index is -0.619. The third-order valence-electron chi connectivity index (χ3n) is 4.17. The molecule has 1 saturated heterocycles. The normalized spacial score (nSPS) is 14.5. The van der Waals surface area contributed by atoms with E-state index in [0.717, 1.165) is 9.88 Å². The van der Waals surface area contributed by atoms with E-state index in [1.165, 1.54) is 11.3 Å². The molecule has 0 spiro atoms. The Kier molecular flexibility index (Phi) is 6.99. The van der Waals surface area contributed by atoms with Gasteiger partial charge in [-0.05, 0) is 31.2 Å². The predicted octanol–water partition coefficient (Wildman–Crippen LogP) is 2.77. The predicted molar refractivity (Wildman–Crippen MR) is 105 cm³/mol. The summed E-state index contributed by atoms with van der Waals surface area (Å²) in [6, 6.07) is 3.79. The zero-order valence-corrected chi connectivity index (χ0v) is 17.0. The van der Waals surface area contributed by atoms with Gasteiger partial charge < -0.3 is 19.7 Å². The maximum Gasteiger partial charge on any atom is 0.409 e. The van der Waals surface area contributed by atoms with Gasteiger partial charge in [-0.15, -0.1) is 22.7 Å². The average Bonchev–Trinajstić information content (AvgIpc) is 3.38. The van der Waals surface area contributed by atoms with Crippen molar-refractivity contribution in [2.45, 2.75) is 25.8 Å². The summed E-state index contributed by atoms with van der Waals surface area (Å²) >= 11 is 2.90. The van der Waals surface area contributed by atoms with Crippen molar-refractivity contribution in [3.8, 4) is 9.88 Å². The van der Waals surface area contributed by atoms with Crippen molar-refractivity contribution in [1.29, 1.82) is 0 Å². The molecule has 0 aliphatic carbocycles. The van der Waals surface area contributed by atoms with Crippen LogP contribution in [0.3, 0.4) is 0 Å². The highest BCUT2D eigenvalue weighted by atomic mass is 32.1. The van der Waals surface area contributed by atoms with Gasteiger partial charge in [0.1, 0.15) is 5.01 Å². The smallest absolute Gasteiger partial charge is 0.409 e. The number of piperidine rings is 1. The highest BCUT2D eigenvalue weighted by Crippen LogP contribution is 2.27. The molecule has 28 heavy (non-hydrogen) atoms. The summed E-state index contributed by atoms with van der Waals surface area (Å²) in [6.45, 7) is 2.79. The number of carbonyl (C=O) groups excluding carboxylic acids is 3. The molecule has 0 bridgehead atoms. The molecule has 3 heterocycles. The fourth-order valence-electron chi connectivity index (χ4n) is 2.78. The van der Waals surface area contributed by atoms with E-state index in [1.807, 2.05) is 17.5 Å². The lowest BCUT2D eigenvalue weighted by Gasteiger charge is -2.31. The van der Waals surface area contributed by atoms with E-state index < -0.39 is 5.97 Å². The molecule has 2 amide bonds. The molecule has 0 aromatic carbocycles. The van der Waals surface area contributed by atoms with Gasteiger partial charge in [0.2, 0.25) is 0 Å². The molecule has 1 N–H and O–H groups in total. The van der Waals surface area contributed by atoms with Crippen molar-refractivity contribution in [1.82, 2.24) is 15.2 Å². The maximum absolute atomic E-state index is 12.1. The van der Waals surface area contributed by atoms with E-state index in [1.54, 1.807) is 28.5 Å². The number of carbonyl (C=O) groups is 3. The molecule has 150 valence electrons. The summed E-state index contributed by atoms with van der Waals surface area (Å²) in [5, 5.41) is 7.15. The molecule has 0 saturated carbocycles. The molecule has 1 fully saturated rings. The number of rotatable bonds is 6. The van der Waals surface area contributed by atoms with Gasteiger partial charge >= 0.3 is 12.1 Å². The van der Waals surface area contributed by atoms with Crippen LogP contribution < -0.4 is 5.32 Å². The Morgan fingerprint density at radius 1 is 1.25 bits per heavy atom. The average molecular weight is 424 g/mol. The summed E-state index contributed by atoms with van der Waals surface area (Å²) < 4.78 is 10.0. The Morgan fingerprint density at radius 2 is 2.04 bits per heavy atom. The van der Waals surface area contributed by atoms with E-state index in [9.17, 15) is 14.4 Å². The van der Waals surface area contributed by atoms with E-state index in [4.69, 9.17) is 9.47 Å². The summed E-state index contributed by atoms with van der Waals surface area (Å²) in [4.78, 5) is 42.7. The summed E-state index contributed by atoms with van der Waals surface area (Å²) in [5.41, 5.74) is 0.198. The van der Waals surface area contributed by atoms with Crippen LogP contribution in [0.25, 0.3) is 9.88 Å². The summed E-state index contributed by atoms with van der Waals surface area (Å²) in [5.74, 6) is -0.983. The number of nitrogens with one attached hydrogen (secondary N) is 1. The van der Waals surface area contributed by atoms with Gasteiger partial charge in [-0.1, -0.05) is 6.07 Å². The molecule has 2 aromatic heterocycles.